The summed E-state index contributed by atoms with van der Waals surface area (Å²) in [5.74, 6) is -2.43. The Morgan fingerprint density at radius 2 is 1.71 bits per heavy atom. The molecule has 0 spiro atoms. The number of nitrogens with zero attached hydrogens (tertiary/aromatic N) is 2. The van der Waals surface area contributed by atoms with Gasteiger partial charge in [-0.15, -0.1) is 0 Å². The van der Waals surface area contributed by atoms with E-state index in [-0.39, 0.29) is 18.0 Å². The monoisotopic (exact) mass is 349 g/mol. The summed E-state index contributed by atoms with van der Waals surface area (Å²) in [4.78, 5) is 22.9. The van der Waals surface area contributed by atoms with Crippen molar-refractivity contribution < 1.29 is 27.9 Å². The van der Waals surface area contributed by atoms with Gasteiger partial charge in [-0.1, -0.05) is 19.3 Å². The van der Waals surface area contributed by atoms with E-state index in [2.05, 4.69) is 6.07 Å². The van der Waals surface area contributed by atoms with Crippen molar-refractivity contribution in [3.8, 4) is 6.07 Å². The highest BCUT2D eigenvalue weighted by Crippen LogP contribution is 2.28. The van der Waals surface area contributed by atoms with Crippen LogP contribution in [0, 0.1) is 17.2 Å². The van der Waals surface area contributed by atoms with Gasteiger partial charge in [0.15, 0.2) is 0 Å². The third kappa shape index (κ3) is 5.67. The maximum Gasteiger partial charge on any atom is 0.490 e. The highest BCUT2D eigenvalue weighted by Gasteiger charge is 2.38. The maximum atomic E-state index is 12.3. The fraction of sp³-hybridized carbons (Fsp3) is 0.800. The zero-order chi connectivity index (χ0) is 18.3. The van der Waals surface area contributed by atoms with Crippen molar-refractivity contribution in [2.75, 3.05) is 6.54 Å². The number of hydrogen-bond acceptors (Lipinski definition) is 4. The Hall–Kier alpha value is -1.82. The Morgan fingerprint density at radius 1 is 1.17 bits per heavy atom. The molecule has 0 bridgehead atoms. The van der Waals surface area contributed by atoms with Gasteiger partial charge < -0.3 is 15.7 Å². The molecular formula is C15H22F3N3O3. The molecule has 6 nitrogen and oxygen atoms in total. The first-order valence-electron chi connectivity index (χ1n) is 7.94. The number of hydrogen-bond donors (Lipinski definition) is 2. The number of likely N-dealkylation sites (tertiary alicyclic amines) is 1. The molecule has 2 aliphatic rings. The van der Waals surface area contributed by atoms with Crippen LogP contribution in [0.4, 0.5) is 13.2 Å². The first-order chi connectivity index (χ1) is 11.2. The predicted molar refractivity (Wildman–Crippen MR) is 78.6 cm³/mol. The Bertz CT molecular complexity index is 485. The quantitative estimate of drug-likeness (QED) is 0.793. The molecule has 2 atom stereocenters. The standard InChI is InChI=1S/C13H21N3O.C2HF3O2/c14-9-11-7-4-8-16(11)13(17)12(15)10-5-2-1-3-6-10;3-2(4,5)1(6)7/h10-12H,1-8,15H2;(H,6,7)/t11-,12-;/m0./s1. The summed E-state index contributed by atoms with van der Waals surface area (Å²) in [5.41, 5.74) is 6.09. The van der Waals surface area contributed by atoms with Gasteiger partial charge in [-0.25, -0.2) is 4.79 Å². The number of amides is 1. The molecule has 1 aliphatic carbocycles. The molecule has 3 N–H and O–H groups in total. The number of aliphatic carboxylic acids is 1. The van der Waals surface area contributed by atoms with Gasteiger partial charge >= 0.3 is 12.1 Å². The Labute approximate surface area is 138 Å². The molecule has 24 heavy (non-hydrogen) atoms. The molecule has 1 heterocycles. The number of carboxylic acid groups (broad SMARTS) is 1. The third-order valence-corrected chi connectivity index (χ3v) is 4.37. The second-order valence-corrected chi connectivity index (χ2v) is 6.05. The van der Waals surface area contributed by atoms with Crippen LogP contribution in [0.15, 0.2) is 0 Å². The van der Waals surface area contributed by atoms with Crippen LogP contribution in [-0.2, 0) is 9.59 Å². The predicted octanol–water partition coefficient (Wildman–Crippen LogP) is 2.04. The molecule has 1 saturated carbocycles. The highest BCUT2D eigenvalue weighted by atomic mass is 19.4. The van der Waals surface area contributed by atoms with Gasteiger partial charge in [-0.2, -0.15) is 18.4 Å². The number of carbonyl (C=O) groups excluding carboxylic acids is 1. The van der Waals surface area contributed by atoms with Gasteiger partial charge in [0.2, 0.25) is 5.91 Å². The van der Waals surface area contributed by atoms with Crippen LogP contribution in [0.1, 0.15) is 44.9 Å². The lowest BCUT2D eigenvalue weighted by Crippen LogP contribution is -2.49. The Balaban J connectivity index is 0.000000351. The fourth-order valence-corrected chi connectivity index (χ4v) is 3.05. The molecule has 1 aliphatic heterocycles. The summed E-state index contributed by atoms with van der Waals surface area (Å²) >= 11 is 0. The number of nitriles is 1. The van der Waals surface area contributed by atoms with Crippen molar-refractivity contribution in [1.82, 2.24) is 4.90 Å². The zero-order valence-corrected chi connectivity index (χ0v) is 13.3. The summed E-state index contributed by atoms with van der Waals surface area (Å²) < 4.78 is 31.7. The lowest BCUT2D eigenvalue weighted by molar-refractivity contribution is -0.192. The van der Waals surface area contributed by atoms with Crippen LogP contribution < -0.4 is 5.73 Å². The van der Waals surface area contributed by atoms with Crippen LogP contribution in [0.25, 0.3) is 0 Å². The molecule has 0 aromatic heterocycles. The molecule has 2 fully saturated rings. The van der Waals surface area contributed by atoms with Crippen molar-refractivity contribution in [2.24, 2.45) is 11.7 Å². The SMILES string of the molecule is N#C[C@@H]1CCCN1C(=O)[C@@H](N)C1CCCCC1.O=C(O)C(F)(F)F. The molecule has 0 aromatic rings. The first-order valence-corrected chi connectivity index (χ1v) is 7.94. The van der Waals surface area contributed by atoms with Crippen LogP contribution in [-0.4, -0.2) is 46.7 Å². The molecular weight excluding hydrogens is 327 g/mol. The smallest absolute Gasteiger partial charge is 0.475 e. The minimum absolute atomic E-state index is 0.000880. The van der Waals surface area contributed by atoms with Gasteiger partial charge in [-0.05, 0) is 31.6 Å². The average Bonchev–Trinajstić information content (AvgIpc) is 3.02. The Kier molecular flexibility index (Phi) is 7.48. The summed E-state index contributed by atoms with van der Waals surface area (Å²) in [5, 5.41) is 16.1. The minimum Gasteiger partial charge on any atom is -0.475 e. The van der Waals surface area contributed by atoms with Crippen molar-refractivity contribution in [3.05, 3.63) is 0 Å². The topological polar surface area (TPSA) is 107 Å². The molecule has 1 saturated heterocycles. The van der Waals surface area contributed by atoms with Gasteiger partial charge in [0.25, 0.3) is 0 Å². The third-order valence-electron chi connectivity index (χ3n) is 4.37. The van der Waals surface area contributed by atoms with Crippen LogP contribution >= 0.6 is 0 Å². The summed E-state index contributed by atoms with van der Waals surface area (Å²) in [6.45, 7) is 0.706. The summed E-state index contributed by atoms with van der Waals surface area (Å²) in [6, 6.07) is 1.58. The van der Waals surface area contributed by atoms with Crippen molar-refractivity contribution in [2.45, 2.75) is 63.2 Å². The number of carboxylic acids is 1. The molecule has 2 rings (SSSR count). The minimum atomic E-state index is -5.08. The number of halogens is 3. The van der Waals surface area contributed by atoms with Gasteiger partial charge in [0.1, 0.15) is 6.04 Å². The van der Waals surface area contributed by atoms with Crippen LogP contribution in [0.2, 0.25) is 0 Å². The molecule has 0 radical (unpaired) electrons. The largest absolute Gasteiger partial charge is 0.490 e. The van der Waals surface area contributed by atoms with E-state index in [4.69, 9.17) is 20.9 Å². The number of nitrogens with two attached hydrogens (primary N) is 1. The van der Waals surface area contributed by atoms with E-state index in [1.165, 1.54) is 19.3 Å². The second-order valence-electron chi connectivity index (χ2n) is 6.05. The first kappa shape index (κ1) is 20.2. The number of rotatable bonds is 2. The molecule has 0 unspecified atom stereocenters. The highest BCUT2D eigenvalue weighted by molar-refractivity contribution is 5.82. The molecule has 1 amide bonds. The van der Waals surface area contributed by atoms with Crippen LogP contribution in [0.5, 0.6) is 0 Å². The van der Waals surface area contributed by atoms with E-state index < -0.39 is 12.1 Å². The molecule has 136 valence electrons. The average molecular weight is 349 g/mol. The maximum absolute atomic E-state index is 12.3. The van der Waals surface area contributed by atoms with Gasteiger partial charge in [0.05, 0.1) is 12.1 Å². The van der Waals surface area contributed by atoms with E-state index in [0.29, 0.717) is 12.5 Å². The van der Waals surface area contributed by atoms with E-state index in [9.17, 15) is 18.0 Å². The molecule has 9 heteroatoms. The summed E-state index contributed by atoms with van der Waals surface area (Å²) in [6.07, 6.45) is 2.43. The van der Waals surface area contributed by atoms with E-state index in [1.807, 2.05) is 0 Å². The molecule has 0 aromatic carbocycles. The summed E-state index contributed by atoms with van der Waals surface area (Å²) in [7, 11) is 0. The van der Waals surface area contributed by atoms with E-state index in [0.717, 1.165) is 25.7 Å². The van der Waals surface area contributed by atoms with Gasteiger partial charge in [0, 0.05) is 6.54 Å². The normalized spacial score (nSPS) is 23.0. The van der Waals surface area contributed by atoms with Crippen molar-refractivity contribution >= 4 is 11.9 Å². The zero-order valence-electron chi connectivity index (χ0n) is 13.3. The second kappa shape index (κ2) is 8.87. The number of carbonyl (C=O) groups is 2. The van der Waals surface area contributed by atoms with E-state index in [1.54, 1.807) is 4.90 Å². The fourth-order valence-electron chi connectivity index (χ4n) is 3.05. The van der Waals surface area contributed by atoms with Crippen molar-refractivity contribution in [1.29, 1.82) is 5.26 Å². The van der Waals surface area contributed by atoms with Crippen LogP contribution in [0.3, 0.4) is 0 Å². The van der Waals surface area contributed by atoms with E-state index >= 15 is 0 Å². The van der Waals surface area contributed by atoms with Crippen molar-refractivity contribution in [3.63, 3.8) is 0 Å². The Morgan fingerprint density at radius 3 is 2.17 bits per heavy atom. The lowest BCUT2D eigenvalue weighted by atomic mass is 9.83. The lowest BCUT2D eigenvalue weighted by Gasteiger charge is -2.30. The van der Waals surface area contributed by atoms with Gasteiger partial charge in [-0.3, -0.25) is 4.79 Å². The number of alkyl halides is 3.